The van der Waals surface area contributed by atoms with Gasteiger partial charge in [-0.1, -0.05) is 6.07 Å². The van der Waals surface area contributed by atoms with Crippen molar-refractivity contribution < 1.29 is 19.1 Å². The van der Waals surface area contributed by atoms with Crippen LogP contribution in [0.25, 0.3) is 0 Å². The molecule has 0 aromatic heterocycles. The van der Waals surface area contributed by atoms with E-state index in [-0.39, 0.29) is 24.7 Å². The first-order chi connectivity index (χ1) is 8.54. The van der Waals surface area contributed by atoms with E-state index in [1.165, 1.54) is 12.0 Å². The molecule has 1 aliphatic heterocycles. The van der Waals surface area contributed by atoms with E-state index in [9.17, 15) is 14.4 Å². The Balaban J connectivity index is 2.43. The highest BCUT2D eigenvalue weighted by molar-refractivity contribution is 6.15. The van der Waals surface area contributed by atoms with Gasteiger partial charge >= 0.3 is 5.97 Å². The molecule has 94 valence electrons. The Kier molecular flexibility index (Phi) is 3.14. The molecule has 1 fully saturated rings. The van der Waals surface area contributed by atoms with Crippen LogP contribution in [0.2, 0.25) is 0 Å². The maximum Gasteiger partial charge on any atom is 0.338 e. The SMILES string of the molecule is COC(=O)c1cccc(N2CC(=O)CC2=O)c1C. The van der Waals surface area contributed by atoms with Crippen molar-refractivity contribution in [2.24, 2.45) is 0 Å². The normalized spacial score (nSPS) is 15.1. The number of ketones is 1. The molecule has 0 spiro atoms. The molecule has 0 bridgehead atoms. The number of hydrogen-bond donors (Lipinski definition) is 0. The molecular weight excluding hydrogens is 234 g/mol. The summed E-state index contributed by atoms with van der Waals surface area (Å²) in [4.78, 5) is 35.9. The number of hydrogen-bond acceptors (Lipinski definition) is 4. The summed E-state index contributed by atoms with van der Waals surface area (Å²) in [5.41, 5.74) is 1.64. The molecule has 18 heavy (non-hydrogen) atoms. The summed E-state index contributed by atoms with van der Waals surface area (Å²) in [6.45, 7) is 1.81. The number of nitrogens with zero attached hydrogens (tertiary/aromatic N) is 1. The van der Waals surface area contributed by atoms with E-state index >= 15 is 0 Å². The van der Waals surface area contributed by atoms with Crippen LogP contribution in [0.5, 0.6) is 0 Å². The van der Waals surface area contributed by atoms with Crippen molar-refractivity contribution in [1.29, 1.82) is 0 Å². The molecule has 1 heterocycles. The molecule has 1 aliphatic rings. The highest BCUT2D eigenvalue weighted by Gasteiger charge is 2.30. The molecule has 5 nitrogen and oxygen atoms in total. The molecule has 0 saturated carbocycles. The Bertz CT molecular complexity index is 536. The van der Waals surface area contributed by atoms with Crippen LogP contribution in [-0.4, -0.2) is 31.3 Å². The number of carbonyl (C=O) groups excluding carboxylic acids is 3. The highest BCUT2D eigenvalue weighted by Crippen LogP contribution is 2.26. The van der Waals surface area contributed by atoms with Crippen LogP contribution in [-0.2, 0) is 14.3 Å². The van der Waals surface area contributed by atoms with Gasteiger partial charge in [0.2, 0.25) is 5.91 Å². The zero-order chi connectivity index (χ0) is 13.3. The number of esters is 1. The number of benzene rings is 1. The lowest BCUT2D eigenvalue weighted by Crippen LogP contribution is -2.26. The van der Waals surface area contributed by atoms with E-state index in [1.807, 2.05) is 0 Å². The van der Waals surface area contributed by atoms with E-state index in [1.54, 1.807) is 25.1 Å². The second-order valence-electron chi connectivity index (χ2n) is 4.14. The van der Waals surface area contributed by atoms with Gasteiger partial charge in [0.15, 0.2) is 5.78 Å². The van der Waals surface area contributed by atoms with Gasteiger partial charge in [-0.3, -0.25) is 9.59 Å². The fourth-order valence-electron chi connectivity index (χ4n) is 2.05. The topological polar surface area (TPSA) is 63.7 Å². The summed E-state index contributed by atoms with van der Waals surface area (Å²) in [5, 5.41) is 0. The molecule has 0 aliphatic carbocycles. The maximum atomic E-state index is 11.7. The van der Waals surface area contributed by atoms with Gasteiger partial charge < -0.3 is 9.64 Å². The fourth-order valence-corrected chi connectivity index (χ4v) is 2.05. The van der Waals surface area contributed by atoms with Crippen molar-refractivity contribution in [2.75, 3.05) is 18.6 Å². The quantitative estimate of drug-likeness (QED) is 0.579. The van der Waals surface area contributed by atoms with E-state index in [0.29, 0.717) is 16.8 Å². The Morgan fingerprint density at radius 3 is 2.61 bits per heavy atom. The summed E-state index contributed by atoms with van der Waals surface area (Å²) >= 11 is 0. The first-order valence-electron chi connectivity index (χ1n) is 5.54. The fraction of sp³-hybridized carbons (Fsp3) is 0.308. The Morgan fingerprint density at radius 1 is 1.33 bits per heavy atom. The minimum atomic E-state index is -0.452. The second kappa shape index (κ2) is 4.60. The molecule has 0 atom stereocenters. The van der Waals surface area contributed by atoms with Gasteiger partial charge in [-0.05, 0) is 24.6 Å². The number of Topliss-reactive ketones (excluding diaryl/α,β-unsaturated/α-hetero) is 1. The standard InChI is InChI=1S/C13H13NO4/c1-8-10(13(17)18-2)4-3-5-11(8)14-7-9(15)6-12(14)16/h3-5H,6-7H2,1-2H3. The summed E-state index contributed by atoms with van der Waals surface area (Å²) in [7, 11) is 1.30. The molecule has 1 saturated heterocycles. The van der Waals surface area contributed by atoms with Crippen LogP contribution < -0.4 is 4.90 Å². The largest absolute Gasteiger partial charge is 0.465 e. The molecular formula is C13H13NO4. The van der Waals surface area contributed by atoms with Crippen LogP contribution >= 0.6 is 0 Å². The van der Waals surface area contributed by atoms with Crippen LogP contribution in [0.3, 0.4) is 0 Å². The third-order valence-electron chi connectivity index (χ3n) is 2.99. The van der Waals surface area contributed by atoms with Crippen LogP contribution in [0, 0.1) is 6.92 Å². The molecule has 1 aromatic carbocycles. The second-order valence-corrected chi connectivity index (χ2v) is 4.14. The Morgan fingerprint density at radius 2 is 2.06 bits per heavy atom. The lowest BCUT2D eigenvalue weighted by molar-refractivity contribution is -0.121. The van der Waals surface area contributed by atoms with E-state index in [2.05, 4.69) is 4.74 Å². The minimum Gasteiger partial charge on any atom is -0.465 e. The van der Waals surface area contributed by atoms with Gasteiger partial charge in [0.1, 0.15) is 0 Å². The lowest BCUT2D eigenvalue weighted by Gasteiger charge is -2.18. The van der Waals surface area contributed by atoms with Gasteiger partial charge in [0, 0.05) is 5.69 Å². The highest BCUT2D eigenvalue weighted by atomic mass is 16.5. The zero-order valence-electron chi connectivity index (χ0n) is 10.2. The number of anilines is 1. The van der Waals surface area contributed by atoms with Crippen molar-refractivity contribution in [3.63, 3.8) is 0 Å². The smallest absolute Gasteiger partial charge is 0.338 e. The average molecular weight is 247 g/mol. The summed E-state index contributed by atoms with van der Waals surface area (Å²) < 4.78 is 4.67. The maximum absolute atomic E-state index is 11.7. The van der Waals surface area contributed by atoms with Crippen molar-refractivity contribution >= 4 is 23.3 Å². The number of ether oxygens (including phenoxy) is 1. The number of methoxy groups -OCH3 is 1. The van der Waals surface area contributed by atoms with Crippen LogP contribution in [0.15, 0.2) is 18.2 Å². The zero-order valence-corrected chi connectivity index (χ0v) is 10.2. The molecule has 1 aromatic rings. The van der Waals surface area contributed by atoms with E-state index < -0.39 is 5.97 Å². The Hall–Kier alpha value is -2.17. The van der Waals surface area contributed by atoms with Gasteiger partial charge in [0.25, 0.3) is 0 Å². The first kappa shape index (κ1) is 12.3. The van der Waals surface area contributed by atoms with E-state index in [4.69, 9.17) is 0 Å². The summed E-state index contributed by atoms with van der Waals surface area (Å²) in [5.74, 6) is -0.791. The van der Waals surface area contributed by atoms with Gasteiger partial charge in [-0.25, -0.2) is 4.79 Å². The molecule has 1 amide bonds. The number of rotatable bonds is 2. The third kappa shape index (κ3) is 1.99. The molecule has 2 rings (SSSR count). The van der Waals surface area contributed by atoms with Crippen molar-refractivity contribution in [3.8, 4) is 0 Å². The van der Waals surface area contributed by atoms with E-state index in [0.717, 1.165) is 0 Å². The summed E-state index contributed by atoms with van der Waals surface area (Å²) in [6.07, 6.45) is -0.0676. The molecule has 5 heteroatoms. The lowest BCUT2D eigenvalue weighted by atomic mass is 10.1. The number of carbonyl (C=O) groups is 3. The van der Waals surface area contributed by atoms with Crippen molar-refractivity contribution in [1.82, 2.24) is 0 Å². The van der Waals surface area contributed by atoms with Gasteiger partial charge in [0.05, 0.1) is 25.6 Å². The Labute approximate surface area is 104 Å². The van der Waals surface area contributed by atoms with Crippen LogP contribution in [0.4, 0.5) is 5.69 Å². The van der Waals surface area contributed by atoms with Gasteiger partial charge in [-0.15, -0.1) is 0 Å². The number of amides is 1. The molecule has 0 radical (unpaired) electrons. The third-order valence-corrected chi connectivity index (χ3v) is 2.99. The summed E-state index contributed by atoms with van der Waals surface area (Å²) in [6, 6.07) is 5.02. The molecule has 0 unspecified atom stereocenters. The average Bonchev–Trinajstić information content (AvgIpc) is 2.68. The predicted molar refractivity (Wildman–Crippen MR) is 64.5 cm³/mol. The first-order valence-corrected chi connectivity index (χ1v) is 5.54. The van der Waals surface area contributed by atoms with Crippen LogP contribution in [0.1, 0.15) is 22.3 Å². The predicted octanol–water partition coefficient (Wildman–Crippen LogP) is 1.09. The van der Waals surface area contributed by atoms with Crippen molar-refractivity contribution in [3.05, 3.63) is 29.3 Å². The monoisotopic (exact) mass is 247 g/mol. The minimum absolute atomic E-state index is 0.0676. The van der Waals surface area contributed by atoms with Crippen molar-refractivity contribution in [2.45, 2.75) is 13.3 Å². The van der Waals surface area contributed by atoms with Gasteiger partial charge in [-0.2, -0.15) is 0 Å². The molecule has 0 N–H and O–H groups in total.